The van der Waals surface area contributed by atoms with Crippen molar-refractivity contribution in [2.75, 3.05) is 23.3 Å². The van der Waals surface area contributed by atoms with E-state index >= 15 is 0 Å². The van der Waals surface area contributed by atoms with Crippen LogP contribution in [0.15, 0.2) is 49.3 Å². The van der Waals surface area contributed by atoms with Crippen LogP contribution >= 0.6 is 0 Å². The van der Waals surface area contributed by atoms with Crippen LogP contribution in [0.3, 0.4) is 0 Å². The van der Waals surface area contributed by atoms with Crippen molar-refractivity contribution in [2.24, 2.45) is 11.8 Å². The molecule has 0 spiro atoms. The molecule has 34 heavy (non-hydrogen) atoms. The fourth-order valence-corrected chi connectivity index (χ4v) is 4.49. The molecule has 1 aromatic carbocycles. The lowest BCUT2D eigenvalue weighted by molar-refractivity contribution is 0.102. The SMILES string of the molecule is C=Cc1cc(F)c(-c2nc(C(=O)Nc3cnccc3N3CC(C)C[C@H](C)C3)ccc2F)c(F)c1. The minimum Gasteiger partial charge on any atom is -0.369 e. The van der Waals surface area contributed by atoms with Crippen LogP contribution in [0.1, 0.15) is 36.3 Å². The normalized spacial score (nSPS) is 18.0. The summed E-state index contributed by atoms with van der Waals surface area (Å²) in [6.45, 7) is 9.53. The second-order valence-electron chi connectivity index (χ2n) is 8.79. The third-order valence-corrected chi connectivity index (χ3v) is 5.87. The van der Waals surface area contributed by atoms with Crippen LogP contribution in [0.5, 0.6) is 0 Å². The third-order valence-electron chi connectivity index (χ3n) is 5.87. The number of piperidine rings is 1. The largest absolute Gasteiger partial charge is 0.369 e. The minimum atomic E-state index is -0.998. The monoisotopic (exact) mass is 466 g/mol. The molecule has 1 aliphatic heterocycles. The molecule has 0 saturated carbocycles. The number of hydrogen-bond donors (Lipinski definition) is 1. The number of anilines is 2. The predicted octanol–water partition coefficient (Wildman–Crippen LogP) is 5.94. The molecule has 0 aliphatic carbocycles. The Hall–Kier alpha value is -3.68. The van der Waals surface area contributed by atoms with Gasteiger partial charge in [0.15, 0.2) is 0 Å². The van der Waals surface area contributed by atoms with Gasteiger partial charge in [-0.05, 0) is 54.2 Å². The molecule has 1 amide bonds. The van der Waals surface area contributed by atoms with Crippen LogP contribution in [0.4, 0.5) is 24.5 Å². The van der Waals surface area contributed by atoms with Gasteiger partial charge >= 0.3 is 0 Å². The first-order chi connectivity index (χ1) is 16.3. The molecule has 0 bridgehead atoms. The predicted molar refractivity (Wildman–Crippen MR) is 127 cm³/mol. The molecule has 1 saturated heterocycles. The second-order valence-corrected chi connectivity index (χ2v) is 8.79. The van der Waals surface area contributed by atoms with Gasteiger partial charge in [0.05, 0.1) is 23.1 Å². The van der Waals surface area contributed by atoms with Gasteiger partial charge < -0.3 is 10.2 Å². The highest BCUT2D eigenvalue weighted by molar-refractivity contribution is 6.04. The Morgan fingerprint density at radius 2 is 1.76 bits per heavy atom. The molecule has 8 heteroatoms. The Bertz CT molecular complexity index is 1210. The van der Waals surface area contributed by atoms with Crippen molar-refractivity contribution in [3.8, 4) is 11.3 Å². The molecule has 0 radical (unpaired) electrons. The number of carbonyl (C=O) groups excluding carboxylic acids is 1. The number of amides is 1. The maximum absolute atomic E-state index is 14.6. The molecular weight excluding hydrogens is 441 g/mol. The van der Waals surface area contributed by atoms with Crippen molar-refractivity contribution in [1.82, 2.24) is 9.97 Å². The minimum absolute atomic E-state index is 0.182. The molecule has 4 rings (SSSR count). The lowest BCUT2D eigenvalue weighted by Crippen LogP contribution is -2.39. The molecule has 1 unspecified atom stereocenters. The second kappa shape index (κ2) is 9.67. The van der Waals surface area contributed by atoms with Crippen LogP contribution in [-0.2, 0) is 0 Å². The fourth-order valence-electron chi connectivity index (χ4n) is 4.49. The number of halogens is 3. The van der Waals surface area contributed by atoms with Gasteiger partial charge in [-0.25, -0.2) is 18.2 Å². The molecule has 2 aromatic heterocycles. The topological polar surface area (TPSA) is 58.1 Å². The van der Waals surface area contributed by atoms with Crippen LogP contribution in [0, 0.1) is 29.3 Å². The molecule has 3 aromatic rings. The van der Waals surface area contributed by atoms with Gasteiger partial charge in [-0.3, -0.25) is 9.78 Å². The van der Waals surface area contributed by atoms with Crippen molar-refractivity contribution < 1.29 is 18.0 Å². The molecule has 1 N–H and O–H groups in total. The van der Waals surface area contributed by atoms with E-state index in [0.717, 1.165) is 43.4 Å². The van der Waals surface area contributed by atoms with Crippen molar-refractivity contribution in [3.05, 3.63) is 78.0 Å². The molecule has 1 aliphatic rings. The number of carbonyl (C=O) groups is 1. The summed E-state index contributed by atoms with van der Waals surface area (Å²) in [5.41, 5.74) is 0.103. The van der Waals surface area contributed by atoms with Gasteiger partial charge in [0, 0.05) is 19.3 Å². The van der Waals surface area contributed by atoms with E-state index in [0.29, 0.717) is 17.5 Å². The summed E-state index contributed by atoms with van der Waals surface area (Å²) in [7, 11) is 0. The van der Waals surface area contributed by atoms with Gasteiger partial charge in [-0.2, -0.15) is 0 Å². The van der Waals surface area contributed by atoms with E-state index in [1.807, 2.05) is 6.07 Å². The van der Waals surface area contributed by atoms with Crippen molar-refractivity contribution in [3.63, 3.8) is 0 Å². The van der Waals surface area contributed by atoms with E-state index in [-0.39, 0.29) is 11.3 Å². The van der Waals surface area contributed by atoms with E-state index in [4.69, 9.17) is 0 Å². The Kier molecular flexibility index (Phi) is 6.68. The van der Waals surface area contributed by atoms with Gasteiger partial charge in [0.1, 0.15) is 28.8 Å². The van der Waals surface area contributed by atoms with Crippen molar-refractivity contribution in [1.29, 1.82) is 0 Å². The highest BCUT2D eigenvalue weighted by Gasteiger charge is 2.25. The molecule has 176 valence electrons. The molecule has 3 heterocycles. The molecule has 2 atom stereocenters. The zero-order valence-corrected chi connectivity index (χ0v) is 19.0. The van der Waals surface area contributed by atoms with Gasteiger partial charge in [0.2, 0.25) is 0 Å². The highest BCUT2D eigenvalue weighted by Crippen LogP contribution is 2.32. The van der Waals surface area contributed by atoms with E-state index in [2.05, 4.69) is 40.6 Å². The van der Waals surface area contributed by atoms with E-state index in [9.17, 15) is 18.0 Å². The first-order valence-electron chi connectivity index (χ1n) is 11.1. The van der Waals surface area contributed by atoms with Crippen molar-refractivity contribution >= 4 is 23.4 Å². The van der Waals surface area contributed by atoms with Crippen LogP contribution in [-0.4, -0.2) is 29.0 Å². The van der Waals surface area contributed by atoms with E-state index in [1.165, 1.54) is 18.3 Å². The van der Waals surface area contributed by atoms with E-state index in [1.54, 1.807) is 6.20 Å². The number of nitrogens with zero attached hydrogens (tertiary/aromatic N) is 3. The number of pyridine rings is 2. The maximum Gasteiger partial charge on any atom is 0.274 e. The summed E-state index contributed by atoms with van der Waals surface area (Å²) in [6, 6.07) is 6.03. The molecule has 5 nitrogen and oxygen atoms in total. The fraction of sp³-hybridized carbons (Fsp3) is 0.269. The lowest BCUT2D eigenvalue weighted by atomic mass is 9.91. The molecule has 1 fully saturated rings. The summed E-state index contributed by atoms with van der Waals surface area (Å²) in [6.07, 6.45) is 5.60. The van der Waals surface area contributed by atoms with Gasteiger partial charge in [-0.1, -0.05) is 26.5 Å². The summed E-state index contributed by atoms with van der Waals surface area (Å²) >= 11 is 0. The molecular formula is C26H25F3N4O. The lowest BCUT2D eigenvalue weighted by Gasteiger charge is -2.37. The zero-order valence-electron chi connectivity index (χ0n) is 19.0. The first-order valence-corrected chi connectivity index (χ1v) is 11.1. The highest BCUT2D eigenvalue weighted by atomic mass is 19.1. The zero-order chi connectivity index (χ0) is 24.4. The summed E-state index contributed by atoms with van der Waals surface area (Å²) < 4.78 is 43.6. The van der Waals surface area contributed by atoms with E-state index < -0.39 is 34.6 Å². The van der Waals surface area contributed by atoms with Crippen LogP contribution < -0.4 is 10.2 Å². The number of nitrogens with one attached hydrogen (secondary N) is 1. The maximum atomic E-state index is 14.6. The van der Waals surface area contributed by atoms with Crippen LogP contribution in [0.25, 0.3) is 17.3 Å². The number of hydrogen-bond acceptors (Lipinski definition) is 4. The summed E-state index contributed by atoms with van der Waals surface area (Å²) in [4.78, 5) is 23.3. The Labute approximate surface area is 196 Å². The van der Waals surface area contributed by atoms with Gasteiger partial charge in [-0.15, -0.1) is 0 Å². The van der Waals surface area contributed by atoms with Crippen LogP contribution in [0.2, 0.25) is 0 Å². The standard InChI is InChI=1S/C26H25F3N4O/c1-4-17-10-19(28)24(20(29)11-17)25-18(27)5-6-21(31-25)26(34)32-22-12-30-8-7-23(22)33-13-15(2)9-16(3)14-33/h4-8,10-12,15-16H,1,9,13-14H2,2-3H3,(H,32,34)/t15-,16?/m0/s1. The average molecular weight is 467 g/mol. The number of aromatic nitrogens is 2. The summed E-state index contributed by atoms with van der Waals surface area (Å²) in [5.74, 6) is -2.59. The Balaban J connectivity index is 1.65. The first kappa shape index (κ1) is 23.5. The van der Waals surface area contributed by atoms with Crippen molar-refractivity contribution in [2.45, 2.75) is 20.3 Å². The number of rotatable bonds is 5. The Morgan fingerprint density at radius 1 is 1.09 bits per heavy atom. The van der Waals surface area contributed by atoms with Gasteiger partial charge in [0.25, 0.3) is 5.91 Å². The Morgan fingerprint density at radius 3 is 2.41 bits per heavy atom. The number of benzene rings is 1. The average Bonchev–Trinajstić information content (AvgIpc) is 2.79. The summed E-state index contributed by atoms with van der Waals surface area (Å²) in [5, 5.41) is 2.77. The third kappa shape index (κ3) is 4.81. The smallest absolute Gasteiger partial charge is 0.274 e. The quantitative estimate of drug-likeness (QED) is 0.506.